The monoisotopic (exact) mass is 320 g/mol. The van der Waals surface area contributed by atoms with Crippen LogP contribution in [0.15, 0.2) is 4.99 Å². The molecule has 132 valence electrons. The zero-order chi connectivity index (χ0) is 16.2. The molecule has 0 spiro atoms. The predicted octanol–water partition coefficient (Wildman–Crippen LogP) is 2.85. The third-order valence-electron chi connectivity index (χ3n) is 6.22. The summed E-state index contributed by atoms with van der Waals surface area (Å²) >= 11 is 0. The van der Waals surface area contributed by atoms with Crippen molar-refractivity contribution in [3.63, 3.8) is 0 Å². The smallest absolute Gasteiger partial charge is 0.191 e. The summed E-state index contributed by atoms with van der Waals surface area (Å²) in [5, 5.41) is 7.25. The minimum Gasteiger partial charge on any atom is -0.356 e. The molecule has 23 heavy (non-hydrogen) atoms. The second kappa shape index (κ2) is 7.87. The molecule has 0 aromatic carbocycles. The Balaban J connectivity index is 1.35. The molecule has 0 aromatic rings. The SMILES string of the molecule is CN=C(NCC1CCN(C2CC2)C1)NC1CCC(C(C)C)CC1. The van der Waals surface area contributed by atoms with Crippen LogP contribution in [0.4, 0.5) is 0 Å². The maximum Gasteiger partial charge on any atom is 0.191 e. The van der Waals surface area contributed by atoms with E-state index < -0.39 is 0 Å². The van der Waals surface area contributed by atoms with Crippen molar-refractivity contribution in [2.45, 2.75) is 70.9 Å². The molecule has 1 aliphatic heterocycles. The van der Waals surface area contributed by atoms with E-state index in [2.05, 4.69) is 34.4 Å². The fraction of sp³-hybridized carbons (Fsp3) is 0.947. The van der Waals surface area contributed by atoms with Crippen molar-refractivity contribution >= 4 is 5.96 Å². The van der Waals surface area contributed by atoms with Crippen LogP contribution < -0.4 is 10.6 Å². The van der Waals surface area contributed by atoms with Gasteiger partial charge in [0.15, 0.2) is 5.96 Å². The van der Waals surface area contributed by atoms with Gasteiger partial charge in [-0.05, 0) is 69.2 Å². The summed E-state index contributed by atoms with van der Waals surface area (Å²) < 4.78 is 0. The van der Waals surface area contributed by atoms with E-state index in [-0.39, 0.29) is 0 Å². The first-order valence-corrected chi connectivity index (χ1v) is 9.87. The van der Waals surface area contributed by atoms with Crippen LogP contribution in [0.25, 0.3) is 0 Å². The van der Waals surface area contributed by atoms with Gasteiger partial charge in [-0.2, -0.15) is 0 Å². The lowest BCUT2D eigenvalue weighted by Gasteiger charge is -2.32. The summed E-state index contributed by atoms with van der Waals surface area (Å²) in [4.78, 5) is 7.13. The first kappa shape index (κ1) is 17.1. The summed E-state index contributed by atoms with van der Waals surface area (Å²) in [7, 11) is 1.90. The first-order chi connectivity index (χ1) is 11.2. The predicted molar refractivity (Wildman–Crippen MR) is 97.8 cm³/mol. The molecular weight excluding hydrogens is 284 g/mol. The van der Waals surface area contributed by atoms with Gasteiger partial charge in [0.2, 0.25) is 0 Å². The minimum atomic E-state index is 0.614. The molecule has 2 aliphatic carbocycles. The number of aliphatic imine (C=N–C) groups is 1. The zero-order valence-electron chi connectivity index (χ0n) is 15.4. The molecule has 0 bridgehead atoms. The summed E-state index contributed by atoms with van der Waals surface area (Å²) in [5.41, 5.74) is 0. The van der Waals surface area contributed by atoms with Gasteiger partial charge in [-0.1, -0.05) is 13.8 Å². The van der Waals surface area contributed by atoms with Crippen molar-refractivity contribution in [3.8, 4) is 0 Å². The van der Waals surface area contributed by atoms with E-state index in [9.17, 15) is 0 Å². The quantitative estimate of drug-likeness (QED) is 0.604. The maximum absolute atomic E-state index is 4.44. The molecule has 4 heteroatoms. The van der Waals surface area contributed by atoms with Gasteiger partial charge in [0, 0.05) is 32.2 Å². The van der Waals surface area contributed by atoms with Crippen LogP contribution in [-0.4, -0.2) is 49.6 Å². The van der Waals surface area contributed by atoms with Gasteiger partial charge in [0.25, 0.3) is 0 Å². The Morgan fingerprint density at radius 3 is 2.43 bits per heavy atom. The highest BCUT2D eigenvalue weighted by Gasteiger charge is 2.34. The molecule has 3 aliphatic rings. The maximum atomic E-state index is 4.44. The molecular formula is C19H36N4. The van der Waals surface area contributed by atoms with Crippen LogP contribution in [0.5, 0.6) is 0 Å². The molecule has 3 fully saturated rings. The summed E-state index contributed by atoms with van der Waals surface area (Å²) in [5.74, 6) is 3.58. The zero-order valence-corrected chi connectivity index (χ0v) is 15.4. The Kier molecular flexibility index (Phi) is 5.84. The van der Waals surface area contributed by atoms with Crippen LogP contribution in [0.1, 0.15) is 58.8 Å². The van der Waals surface area contributed by atoms with E-state index >= 15 is 0 Å². The average Bonchev–Trinajstić information content (AvgIpc) is 3.30. The lowest BCUT2D eigenvalue weighted by molar-refractivity contribution is 0.250. The van der Waals surface area contributed by atoms with Crippen molar-refractivity contribution in [1.82, 2.24) is 15.5 Å². The van der Waals surface area contributed by atoms with Gasteiger partial charge in [-0.3, -0.25) is 4.99 Å². The Morgan fingerprint density at radius 2 is 1.83 bits per heavy atom. The molecule has 1 unspecified atom stereocenters. The average molecular weight is 321 g/mol. The van der Waals surface area contributed by atoms with Gasteiger partial charge in [0.1, 0.15) is 0 Å². The fourth-order valence-corrected chi connectivity index (χ4v) is 4.36. The van der Waals surface area contributed by atoms with E-state index in [0.29, 0.717) is 6.04 Å². The molecule has 1 saturated heterocycles. The van der Waals surface area contributed by atoms with E-state index in [4.69, 9.17) is 0 Å². The number of likely N-dealkylation sites (tertiary alicyclic amines) is 1. The third kappa shape index (κ3) is 4.85. The highest BCUT2D eigenvalue weighted by Crippen LogP contribution is 2.31. The molecule has 3 rings (SSSR count). The molecule has 1 atom stereocenters. The molecule has 0 aromatic heterocycles. The number of hydrogen-bond acceptors (Lipinski definition) is 2. The number of nitrogens with one attached hydrogen (secondary N) is 2. The van der Waals surface area contributed by atoms with Crippen molar-refractivity contribution < 1.29 is 0 Å². The highest BCUT2D eigenvalue weighted by atomic mass is 15.2. The van der Waals surface area contributed by atoms with Crippen molar-refractivity contribution in [2.24, 2.45) is 22.7 Å². The summed E-state index contributed by atoms with van der Waals surface area (Å²) in [6.45, 7) is 8.40. The van der Waals surface area contributed by atoms with Gasteiger partial charge < -0.3 is 15.5 Å². The number of rotatable bonds is 5. The molecule has 2 saturated carbocycles. The normalized spacial score (nSPS) is 33.2. The second-order valence-electron chi connectivity index (χ2n) is 8.33. The van der Waals surface area contributed by atoms with Crippen molar-refractivity contribution in [3.05, 3.63) is 0 Å². The second-order valence-corrected chi connectivity index (χ2v) is 8.33. The Hall–Kier alpha value is -0.770. The van der Waals surface area contributed by atoms with Crippen molar-refractivity contribution in [2.75, 3.05) is 26.7 Å². The minimum absolute atomic E-state index is 0.614. The van der Waals surface area contributed by atoms with Gasteiger partial charge >= 0.3 is 0 Å². The summed E-state index contributed by atoms with van der Waals surface area (Å²) in [6, 6.07) is 1.54. The van der Waals surface area contributed by atoms with E-state index in [1.165, 1.54) is 58.0 Å². The largest absolute Gasteiger partial charge is 0.356 e. The van der Waals surface area contributed by atoms with Crippen LogP contribution >= 0.6 is 0 Å². The van der Waals surface area contributed by atoms with Crippen LogP contribution in [0, 0.1) is 17.8 Å². The van der Waals surface area contributed by atoms with Crippen LogP contribution in [-0.2, 0) is 0 Å². The lowest BCUT2D eigenvalue weighted by Crippen LogP contribution is -2.46. The van der Waals surface area contributed by atoms with E-state index in [1.807, 2.05) is 7.05 Å². The van der Waals surface area contributed by atoms with Gasteiger partial charge in [-0.15, -0.1) is 0 Å². The van der Waals surface area contributed by atoms with Gasteiger partial charge in [-0.25, -0.2) is 0 Å². The molecule has 4 nitrogen and oxygen atoms in total. The first-order valence-electron chi connectivity index (χ1n) is 9.87. The van der Waals surface area contributed by atoms with Crippen molar-refractivity contribution in [1.29, 1.82) is 0 Å². The van der Waals surface area contributed by atoms with Crippen LogP contribution in [0.3, 0.4) is 0 Å². The number of hydrogen-bond donors (Lipinski definition) is 2. The van der Waals surface area contributed by atoms with E-state index in [0.717, 1.165) is 36.3 Å². The molecule has 1 heterocycles. The summed E-state index contributed by atoms with van der Waals surface area (Å²) in [6.07, 6.45) is 9.53. The molecule has 0 amide bonds. The fourth-order valence-electron chi connectivity index (χ4n) is 4.36. The Labute approximate surface area is 142 Å². The topological polar surface area (TPSA) is 39.7 Å². The lowest BCUT2D eigenvalue weighted by atomic mass is 9.80. The number of nitrogens with zero attached hydrogens (tertiary/aromatic N) is 2. The highest BCUT2D eigenvalue weighted by molar-refractivity contribution is 5.79. The van der Waals surface area contributed by atoms with Crippen LogP contribution in [0.2, 0.25) is 0 Å². The van der Waals surface area contributed by atoms with Gasteiger partial charge in [0.05, 0.1) is 0 Å². The number of guanidine groups is 1. The standard InChI is InChI=1S/C19H36N4/c1-14(2)16-4-6-17(7-5-16)22-19(20-3)21-12-15-10-11-23(13-15)18-8-9-18/h14-18H,4-13H2,1-3H3,(H2,20,21,22). The Morgan fingerprint density at radius 1 is 1.09 bits per heavy atom. The third-order valence-corrected chi connectivity index (χ3v) is 6.22. The Bertz CT molecular complexity index is 394. The molecule has 0 radical (unpaired) electrons. The van der Waals surface area contributed by atoms with E-state index in [1.54, 1.807) is 0 Å². The molecule has 2 N–H and O–H groups in total.